The summed E-state index contributed by atoms with van der Waals surface area (Å²) in [6.07, 6.45) is 3.83. The summed E-state index contributed by atoms with van der Waals surface area (Å²) < 4.78 is 5.52. The van der Waals surface area contributed by atoms with Crippen LogP contribution in [0.5, 0.6) is 0 Å². The van der Waals surface area contributed by atoms with Crippen LogP contribution in [0.25, 0.3) is 0 Å². The molecular weight excluding hydrogens is 294 g/mol. The van der Waals surface area contributed by atoms with E-state index in [1.165, 1.54) is 0 Å². The third kappa shape index (κ3) is 4.55. The standard InChI is InChI=1S/C18H25NO4/c1-13(2)23-12-14-6-8-15(9-7-14)16(20)19-18(17(21)22)10-4-3-5-11-18/h6-9,13H,3-5,10-12H2,1-2H3,(H,19,20)(H,21,22). The molecule has 0 saturated heterocycles. The second-order valence-electron chi connectivity index (χ2n) is 6.46. The number of amides is 1. The first-order valence-corrected chi connectivity index (χ1v) is 8.19. The lowest BCUT2D eigenvalue weighted by Crippen LogP contribution is -2.55. The highest BCUT2D eigenvalue weighted by Crippen LogP contribution is 2.28. The number of carbonyl (C=O) groups excluding carboxylic acids is 1. The molecule has 1 fully saturated rings. The number of rotatable bonds is 6. The minimum atomic E-state index is -1.12. The Morgan fingerprint density at radius 3 is 2.30 bits per heavy atom. The van der Waals surface area contributed by atoms with Gasteiger partial charge in [-0.15, -0.1) is 0 Å². The molecule has 1 aromatic carbocycles. The Kier molecular flexibility index (Phi) is 5.77. The van der Waals surface area contributed by atoms with Gasteiger partial charge in [0.25, 0.3) is 5.91 Å². The van der Waals surface area contributed by atoms with Crippen LogP contribution in [0.4, 0.5) is 0 Å². The molecule has 2 rings (SSSR count). The van der Waals surface area contributed by atoms with Crippen LogP contribution in [0.3, 0.4) is 0 Å². The second-order valence-corrected chi connectivity index (χ2v) is 6.46. The molecular formula is C18H25NO4. The number of hydrogen-bond acceptors (Lipinski definition) is 3. The molecule has 126 valence electrons. The number of carboxylic acid groups (broad SMARTS) is 1. The summed E-state index contributed by atoms with van der Waals surface area (Å²) in [5.41, 5.74) is 0.347. The second kappa shape index (κ2) is 7.59. The maximum atomic E-state index is 12.4. The van der Waals surface area contributed by atoms with Crippen LogP contribution in [0.1, 0.15) is 61.9 Å². The monoisotopic (exact) mass is 319 g/mol. The molecule has 1 aromatic rings. The van der Waals surface area contributed by atoms with Crippen LogP contribution in [-0.2, 0) is 16.1 Å². The van der Waals surface area contributed by atoms with Crippen molar-refractivity contribution in [2.75, 3.05) is 0 Å². The van der Waals surface area contributed by atoms with Crippen molar-refractivity contribution in [3.63, 3.8) is 0 Å². The predicted octanol–water partition coefficient (Wildman–Crippen LogP) is 3.13. The summed E-state index contributed by atoms with van der Waals surface area (Å²) in [6.45, 7) is 4.44. The summed E-state index contributed by atoms with van der Waals surface area (Å²) in [4.78, 5) is 24.0. The zero-order valence-electron chi connectivity index (χ0n) is 13.8. The van der Waals surface area contributed by atoms with Gasteiger partial charge in [0.2, 0.25) is 0 Å². The molecule has 1 saturated carbocycles. The Bertz CT molecular complexity index is 545. The Balaban J connectivity index is 2.03. The van der Waals surface area contributed by atoms with Crippen molar-refractivity contribution in [2.45, 2.75) is 64.2 Å². The number of carboxylic acids is 1. The molecule has 0 heterocycles. The highest BCUT2D eigenvalue weighted by molar-refractivity contribution is 5.97. The maximum Gasteiger partial charge on any atom is 0.329 e. The fraction of sp³-hybridized carbons (Fsp3) is 0.556. The lowest BCUT2D eigenvalue weighted by Gasteiger charge is -2.34. The van der Waals surface area contributed by atoms with Crippen molar-refractivity contribution >= 4 is 11.9 Å². The largest absolute Gasteiger partial charge is 0.480 e. The van der Waals surface area contributed by atoms with Gasteiger partial charge in [0.15, 0.2) is 0 Å². The van der Waals surface area contributed by atoms with E-state index in [1.807, 2.05) is 26.0 Å². The molecule has 23 heavy (non-hydrogen) atoms. The van der Waals surface area contributed by atoms with Crippen molar-refractivity contribution < 1.29 is 19.4 Å². The van der Waals surface area contributed by atoms with E-state index in [0.717, 1.165) is 24.8 Å². The molecule has 1 aliphatic rings. The van der Waals surface area contributed by atoms with Gasteiger partial charge in [-0.3, -0.25) is 4.79 Å². The Morgan fingerprint density at radius 2 is 1.78 bits per heavy atom. The number of carbonyl (C=O) groups is 2. The minimum absolute atomic E-state index is 0.153. The average Bonchev–Trinajstić information content (AvgIpc) is 2.54. The molecule has 5 heteroatoms. The smallest absolute Gasteiger partial charge is 0.329 e. The van der Waals surface area contributed by atoms with Crippen LogP contribution < -0.4 is 5.32 Å². The van der Waals surface area contributed by atoms with Gasteiger partial charge in [0.1, 0.15) is 5.54 Å². The van der Waals surface area contributed by atoms with Crippen LogP contribution in [0.2, 0.25) is 0 Å². The average molecular weight is 319 g/mol. The van der Waals surface area contributed by atoms with Gasteiger partial charge in [0.05, 0.1) is 12.7 Å². The van der Waals surface area contributed by atoms with Crippen LogP contribution in [0, 0.1) is 0 Å². The molecule has 0 atom stereocenters. The minimum Gasteiger partial charge on any atom is -0.480 e. The lowest BCUT2D eigenvalue weighted by molar-refractivity contribution is -0.145. The van der Waals surface area contributed by atoms with E-state index in [9.17, 15) is 14.7 Å². The quantitative estimate of drug-likeness (QED) is 0.844. The fourth-order valence-electron chi connectivity index (χ4n) is 2.85. The van der Waals surface area contributed by atoms with Gasteiger partial charge in [-0.2, -0.15) is 0 Å². The first-order chi connectivity index (χ1) is 10.9. The lowest BCUT2D eigenvalue weighted by atomic mass is 9.81. The SMILES string of the molecule is CC(C)OCc1ccc(C(=O)NC2(C(=O)O)CCCCC2)cc1. The number of ether oxygens (including phenoxy) is 1. The first-order valence-electron chi connectivity index (χ1n) is 8.19. The van der Waals surface area contributed by atoms with E-state index in [-0.39, 0.29) is 12.0 Å². The predicted molar refractivity (Wildman–Crippen MR) is 87.3 cm³/mol. The molecule has 1 aliphatic carbocycles. The van der Waals surface area contributed by atoms with Crippen LogP contribution in [-0.4, -0.2) is 28.6 Å². The molecule has 0 bridgehead atoms. The van der Waals surface area contributed by atoms with Gasteiger partial charge in [-0.1, -0.05) is 31.4 Å². The molecule has 0 spiro atoms. The van der Waals surface area contributed by atoms with Gasteiger partial charge >= 0.3 is 5.97 Å². The van der Waals surface area contributed by atoms with E-state index >= 15 is 0 Å². The Labute approximate surface area is 137 Å². The van der Waals surface area contributed by atoms with E-state index in [0.29, 0.717) is 25.0 Å². The number of hydrogen-bond donors (Lipinski definition) is 2. The van der Waals surface area contributed by atoms with Gasteiger partial charge < -0.3 is 15.2 Å². The summed E-state index contributed by atoms with van der Waals surface area (Å²) >= 11 is 0. The Hall–Kier alpha value is -1.88. The van der Waals surface area contributed by atoms with E-state index in [2.05, 4.69) is 5.32 Å². The topological polar surface area (TPSA) is 75.6 Å². The van der Waals surface area contributed by atoms with Crippen molar-refractivity contribution in [1.82, 2.24) is 5.32 Å². The van der Waals surface area contributed by atoms with E-state index in [1.54, 1.807) is 12.1 Å². The zero-order valence-corrected chi connectivity index (χ0v) is 13.8. The van der Waals surface area contributed by atoms with Crippen LogP contribution >= 0.6 is 0 Å². The highest BCUT2D eigenvalue weighted by atomic mass is 16.5. The molecule has 0 aliphatic heterocycles. The molecule has 0 radical (unpaired) electrons. The number of benzene rings is 1. The summed E-state index contributed by atoms with van der Waals surface area (Å²) in [5.74, 6) is -1.27. The molecule has 0 aromatic heterocycles. The van der Waals surface area contributed by atoms with Gasteiger partial charge in [0, 0.05) is 5.56 Å². The van der Waals surface area contributed by atoms with Crippen molar-refractivity contribution in [3.05, 3.63) is 35.4 Å². The first kappa shape index (κ1) is 17.5. The number of nitrogens with one attached hydrogen (secondary N) is 1. The summed E-state index contributed by atoms with van der Waals surface area (Å²) in [5, 5.41) is 12.3. The third-order valence-electron chi connectivity index (χ3n) is 4.27. The van der Waals surface area contributed by atoms with E-state index < -0.39 is 11.5 Å². The third-order valence-corrected chi connectivity index (χ3v) is 4.27. The molecule has 2 N–H and O–H groups in total. The number of aliphatic carboxylic acids is 1. The maximum absolute atomic E-state index is 12.4. The van der Waals surface area contributed by atoms with Crippen LogP contribution in [0.15, 0.2) is 24.3 Å². The van der Waals surface area contributed by atoms with Crippen molar-refractivity contribution in [1.29, 1.82) is 0 Å². The fourth-order valence-corrected chi connectivity index (χ4v) is 2.85. The van der Waals surface area contributed by atoms with Gasteiger partial charge in [-0.25, -0.2) is 4.79 Å². The molecule has 1 amide bonds. The van der Waals surface area contributed by atoms with E-state index in [4.69, 9.17) is 4.74 Å². The summed E-state index contributed by atoms with van der Waals surface area (Å²) in [6, 6.07) is 7.11. The normalized spacial score (nSPS) is 17.0. The molecule has 0 unspecified atom stereocenters. The molecule has 5 nitrogen and oxygen atoms in total. The Morgan fingerprint density at radius 1 is 1.17 bits per heavy atom. The van der Waals surface area contributed by atoms with Crippen molar-refractivity contribution in [2.24, 2.45) is 0 Å². The van der Waals surface area contributed by atoms with Gasteiger partial charge in [-0.05, 0) is 44.4 Å². The zero-order chi connectivity index (χ0) is 16.9. The summed E-state index contributed by atoms with van der Waals surface area (Å²) in [7, 11) is 0. The highest BCUT2D eigenvalue weighted by Gasteiger charge is 2.41. The van der Waals surface area contributed by atoms with Crippen molar-refractivity contribution in [3.8, 4) is 0 Å².